The van der Waals surface area contributed by atoms with Crippen molar-refractivity contribution in [3.63, 3.8) is 0 Å². The Morgan fingerprint density at radius 2 is 1.23 bits per heavy atom. The first-order valence-corrected chi connectivity index (χ1v) is 18.4. The maximum atomic E-state index is 13.9. The van der Waals surface area contributed by atoms with Crippen molar-refractivity contribution >= 4 is 41.4 Å². The fourth-order valence-electron chi connectivity index (χ4n) is 5.72. The summed E-state index contributed by atoms with van der Waals surface area (Å²) in [6, 6.07) is 2.72. The zero-order valence-corrected chi connectivity index (χ0v) is 31.5. The van der Waals surface area contributed by atoms with E-state index < -0.39 is 71.7 Å². The van der Waals surface area contributed by atoms with Crippen molar-refractivity contribution in [2.45, 2.75) is 115 Å². The van der Waals surface area contributed by atoms with Crippen LogP contribution in [0.5, 0.6) is 0 Å². The third-order valence-corrected chi connectivity index (χ3v) is 8.58. The van der Waals surface area contributed by atoms with E-state index in [0.29, 0.717) is 25.7 Å². The summed E-state index contributed by atoms with van der Waals surface area (Å²) in [5.41, 5.74) is 23.8. The van der Waals surface area contributed by atoms with E-state index in [4.69, 9.17) is 22.9 Å². The third-order valence-electron chi connectivity index (χ3n) is 8.58. The quantitative estimate of drug-likeness (QED) is 0.0743. The van der Waals surface area contributed by atoms with Crippen LogP contribution in [0, 0.1) is 11.8 Å². The third kappa shape index (κ3) is 17.1. The van der Waals surface area contributed by atoms with E-state index >= 15 is 0 Å². The monoisotopic (exact) mass is 743 g/mol. The molecule has 2 rings (SSSR count). The Kier molecular flexibility index (Phi) is 19.3. The van der Waals surface area contributed by atoms with Crippen molar-refractivity contribution in [3.05, 3.63) is 35.9 Å². The van der Waals surface area contributed by atoms with Crippen LogP contribution in [0.15, 0.2) is 35.3 Å². The van der Waals surface area contributed by atoms with Crippen LogP contribution in [-0.2, 0) is 35.2 Å². The van der Waals surface area contributed by atoms with Gasteiger partial charge in [0.25, 0.3) is 0 Å². The lowest BCUT2D eigenvalue weighted by Gasteiger charge is -2.28. The highest BCUT2D eigenvalue weighted by atomic mass is 16.2. The van der Waals surface area contributed by atoms with Gasteiger partial charge in [0.15, 0.2) is 5.96 Å². The van der Waals surface area contributed by atoms with Gasteiger partial charge in [-0.2, -0.15) is 0 Å². The minimum absolute atomic E-state index is 0.0246. The number of aliphatic imine (C=N–C) groups is 1. The molecule has 17 nitrogen and oxygen atoms in total. The summed E-state index contributed by atoms with van der Waals surface area (Å²) < 4.78 is 0. The van der Waals surface area contributed by atoms with Crippen molar-refractivity contribution in [2.24, 2.45) is 39.8 Å². The number of benzene rings is 1. The van der Waals surface area contributed by atoms with Crippen molar-refractivity contribution in [1.82, 2.24) is 31.9 Å². The minimum Gasteiger partial charge on any atom is -0.370 e. The van der Waals surface area contributed by atoms with Gasteiger partial charge in [0.2, 0.25) is 35.4 Å². The standard InChI is InChI=1S/C36H61N11O6/c1-21(2)17-27-33(51)44-26(14-10-16-42-36(39)40)32(50)41-15-9-8-13-24(37)30(48)43-20-25(38)31(49)45-29(19-23-11-6-5-7-12-23)35(53)47-28(18-22(3)4)34(52)46-27/h5-7,11-12,21-22,24-29H,8-10,13-20,37-38H2,1-4H3,(H,41,50)(H,43,48)(H,44,51)(H,45,49)(H,46,52)(H,47,53)(H4,39,40,42)/t24-,25-,26-,27+,28+,29-/m0/s1. The van der Waals surface area contributed by atoms with Crippen LogP contribution in [-0.4, -0.2) is 97.3 Å². The SMILES string of the molecule is CC(C)C[C@H]1NC(=O)[C@H](Cc2ccccc2)NC(=O)[C@@H](N)CNC(=O)[C@@H](N)CCCCNC(=O)[C@H](CCCN=C(N)N)NC(=O)[C@@H](CC(C)C)NC1=O. The summed E-state index contributed by atoms with van der Waals surface area (Å²) in [5, 5.41) is 16.5. The number of amides is 6. The number of nitrogens with two attached hydrogens (primary N) is 4. The normalized spacial score (nSPS) is 25.0. The number of hydrogen-bond acceptors (Lipinski definition) is 9. The van der Waals surface area contributed by atoms with Gasteiger partial charge in [-0.3, -0.25) is 33.8 Å². The molecule has 6 amide bonds. The fraction of sp³-hybridized carbons (Fsp3) is 0.639. The first kappa shape index (κ1) is 44.4. The average molecular weight is 744 g/mol. The van der Waals surface area contributed by atoms with Gasteiger partial charge in [-0.15, -0.1) is 0 Å². The molecule has 0 radical (unpaired) electrons. The molecule has 296 valence electrons. The molecule has 1 aliphatic heterocycles. The van der Waals surface area contributed by atoms with Gasteiger partial charge >= 0.3 is 0 Å². The van der Waals surface area contributed by atoms with E-state index in [0.717, 1.165) is 5.56 Å². The summed E-state index contributed by atoms with van der Waals surface area (Å²) in [7, 11) is 0. The van der Waals surface area contributed by atoms with Gasteiger partial charge in [-0.05, 0) is 62.3 Å². The molecule has 0 aliphatic carbocycles. The van der Waals surface area contributed by atoms with Gasteiger partial charge in [0.05, 0.1) is 6.04 Å². The zero-order chi connectivity index (χ0) is 39.5. The van der Waals surface area contributed by atoms with Gasteiger partial charge in [0, 0.05) is 26.1 Å². The van der Waals surface area contributed by atoms with E-state index in [1.807, 2.05) is 33.8 Å². The fourth-order valence-corrected chi connectivity index (χ4v) is 5.72. The molecular weight excluding hydrogens is 682 g/mol. The zero-order valence-electron chi connectivity index (χ0n) is 31.5. The van der Waals surface area contributed by atoms with E-state index in [2.05, 4.69) is 36.9 Å². The molecule has 17 heteroatoms. The molecule has 0 aromatic heterocycles. The lowest BCUT2D eigenvalue weighted by atomic mass is 9.98. The topological polar surface area (TPSA) is 291 Å². The molecule has 1 aliphatic rings. The van der Waals surface area contributed by atoms with Gasteiger partial charge < -0.3 is 54.8 Å². The minimum atomic E-state index is -1.20. The molecule has 1 heterocycles. The molecule has 1 aromatic rings. The predicted molar refractivity (Wildman–Crippen MR) is 203 cm³/mol. The maximum absolute atomic E-state index is 13.9. The number of rotatable bonds is 10. The second-order valence-electron chi connectivity index (χ2n) is 14.4. The van der Waals surface area contributed by atoms with E-state index in [-0.39, 0.29) is 63.1 Å². The van der Waals surface area contributed by atoms with E-state index in [1.54, 1.807) is 24.3 Å². The van der Waals surface area contributed by atoms with Crippen LogP contribution in [0.2, 0.25) is 0 Å². The molecular formula is C36H61N11O6. The second-order valence-corrected chi connectivity index (χ2v) is 14.4. The van der Waals surface area contributed by atoms with Crippen LogP contribution in [0.25, 0.3) is 0 Å². The Bertz CT molecular complexity index is 1390. The van der Waals surface area contributed by atoms with Gasteiger partial charge in [-0.25, -0.2) is 0 Å². The molecule has 1 saturated heterocycles. The molecule has 0 unspecified atom stereocenters. The first-order chi connectivity index (χ1) is 25.1. The summed E-state index contributed by atoms with van der Waals surface area (Å²) in [6.45, 7) is 7.83. The molecule has 0 bridgehead atoms. The molecule has 14 N–H and O–H groups in total. The Morgan fingerprint density at radius 3 is 1.79 bits per heavy atom. The van der Waals surface area contributed by atoms with Crippen LogP contribution < -0.4 is 54.8 Å². The Balaban J connectivity index is 2.46. The second kappa shape index (κ2) is 23.0. The number of guanidine groups is 1. The summed E-state index contributed by atoms with van der Waals surface area (Å²) in [5.74, 6) is -3.59. The molecule has 53 heavy (non-hydrogen) atoms. The lowest BCUT2D eigenvalue weighted by Crippen LogP contribution is -2.60. The highest BCUT2D eigenvalue weighted by Crippen LogP contribution is 2.12. The number of carbonyl (C=O) groups excluding carboxylic acids is 6. The average Bonchev–Trinajstić information content (AvgIpc) is 3.09. The smallest absolute Gasteiger partial charge is 0.243 e. The number of hydrogen-bond donors (Lipinski definition) is 10. The Hall–Kier alpha value is -4.77. The van der Waals surface area contributed by atoms with Crippen LogP contribution in [0.1, 0.15) is 78.2 Å². The first-order valence-electron chi connectivity index (χ1n) is 18.4. The molecule has 0 saturated carbocycles. The number of nitrogens with zero attached hydrogens (tertiary/aromatic N) is 1. The molecule has 1 aromatic carbocycles. The molecule has 1 fully saturated rings. The van der Waals surface area contributed by atoms with Crippen LogP contribution >= 0.6 is 0 Å². The number of carbonyl (C=O) groups is 6. The Labute approximate surface area is 312 Å². The van der Waals surface area contributed by atoms with Crippen molar-refractivity contribution < 1.29 is 28.8 Å². The van der Waals surface area contributed by atoms with E-state index in [1.165, 1.54) is 0 Å². The number of nitrogens with one attached hydrogen (secondary N) is 6. The van der Waals surface area contributed by atoms with Crippen molar-refractivity contribution in [2.75, 3.05) is 19.6 Å². The highest BCUT2D eigenvalue weighted by Gasteiger charge is 2.33. The summed E-state index contributed by atoms with van der Waals surface area (Å²) in [4.78, 5) is 84.7. The molecule has 6 atom stereocenters. The van der Waals surface area contributed by atoms with Crippen LogP contribution in [0.3, 0.4) is 0 Å². The lowest BCUT2D eigenvalue weighted by molar-refractivity contribution is -0.135. The highest BCUT2D eigenvalue weighted by molar-refractivity contribution is 5.96. The summed E-state index contributed by atoms with van der Waals surface area (Å²) >= 11 is 0. The van der Waals surface area contributed by atoms with Crippen molar-refractivity contribution in [3.8, 4) is 0 Å². The largest absolute Gasteiger partial charge is 0.370 e. The van der Waals surface area contributed by atoms with E-state index in [9.17, 15) is 28.8 Å². The summed E-state index contributed by atoms with van der Waals surface area (Å²) in [6.07, 6.45) is 2.45. The Morgan fingerprint density at radius 1 is 0.679 bits per heavy atom. The van der Waals surface area contributed by atoms with Crippen LogP contribution in [0.4, 0.5) is 0 Å². The maximum Gasteiger partial charge on any atom is 0.243 e. The predicted octanol–water partition coefficient (Wildman–Crippen LogP) is -1.62. The van der Waals surface area contributed by atoms with Gasteiger partial charge in [-0.1, -0.05) is 58.0 Å². The molecule has 0 spiro atoms. The van der Waals surface area contributed by atoms with Crippen molar-refractivity contribution in [1.29, 1.82) is 0 Å². The van der Waals surface area contributed by atoms with Gasteiger partial charge in [0.1, 0.15) is 30.2 Å².